The Morgan fingerprint density at radius 2 is 1.61 bits per heavy atom. The Bertz CT molecular complexity index is 602. The quantitative estimate of drug-likeness (QED) is 0.677. The summed E-state index contributed by atoms with van der Waals surface area (Å²) in [6.45, 7) is 0.839. The van der Waals surface area contributed by atoms with E-state index in [2.05, 4.69) is 48.5 Å². The summed E-state index contributed by atoms with van der Waals surface area (Å²) >= 11 is 0. The van der Waals surface area contributed by atoms with Gasteiger partial charge in [0.2, 0.25) is 0 Å². The van der Waals surface area contributed by atoms with Crippen LogP contribution in [0.5, 0.6) is 5.75 Å². The van der Waals surface area contributed by atoms with E-state index in [9.17, 15) is 0 Å². The third kappa shape index (κ3) is 1.22. The highest BCUT2D eigenvalue weighted by atomic mass is 16.5. The molecule has 18 heavy (non-hydrogen) atoms. The molecule has 1 nitrogen and oxygen atoms in total. The van der Waals surface area contributed by atoms with E-state index in [0.29, 0.717) is 0 Å². The van der Waals surface area contributed by atoms with Crippen LogP contribution >= 0.6 is 0 Å². The Balaban J connectivity index is 1.97. The van der Waals surface area contributed by atoms with Gasteiger partial charge in [-0.3, -0.25) is 0 Å². The van der Waals surface area contributed by atoms with Gasteiger partial charge in [0.15, 0.2) is 0 Å². The number of ether oxygens (including phenoxy) is 1. The zero-order valence-electron chi connectivity index (χ0n) is 10.4. The minimum Gasteiger partial charge on any atom is -0.493 e. The van der Waals surface area contributed by atoms with E-state index >= 15 is 0 Å². The molecule has 0 amide bonds. The van der Waals surface area contributed by atoms with Gasteiger partial charge in [-0.15, -0.1) is 0 Å². The highest BCUT2D eigenvalue weighted by Gasteiger charge is 2.43. The van der Waals surface area contributed by atoms with Crippen LogP contribution in [0.15, 0.2) is 48.5 Å². The second-order valence-corrected chi connectivity index (χ2v) is 5.33. The molecule has 1 aliphatic carbocycles. The fraction of sp³-hybridized carbons (Fsp3) is 0.294. The summed E-state index contributed by atoms with van der Waals surface area (Å²) in [5.41, 5.74) is 4.65. The van der Waals surface area contributed by atoms with Crippen LogP contribution in [0.25, 0.3) is 0 Å². The molecule has 0 saturated carbocycles. The van der Waals surface area contributed by atoms with E-state index in [1.165, 1.54) is 29.5 Å². The number of aryl methyl sites for hydroxylation is 1. The zero-order chi connectivity index (χ0) is 12.0. The van der Waals surface area contributed by atoms with Crippen LogP contribution in [0.4, 0.5) is 0 Å². The number of fused-ring (bicyclic) bond motifs is 4. The van der Waals surface area contributed by atoms with Crippen LogP contribution in [0.2, 0.25) is 0 Å². The second kappa shape index (κ2) is 3.61. The third-order valence-corrected chi connectivity index (χ3v) is 4.54. The van der Waals surface area contributed by atoms with Gasteiger partial charge in [-0.1, -0.05) is 42.5 Å². The van der Waals surface area contributed by atoms with Crippen LogP contribution in [0.3, 0.4) is 0 Å². The first kappa shape index (κ1) is 10.2. The second-order valence-electron chi connectivity index (χ2n) is 5.33. The van der Waals surface area contributed by atoms with Gasteiger partial charge in [0, 0.05) is 11.0 Å². The van der Waals surface area contributed by atoms with Crippen LogP contribution in [-0.2, 0) is 11.8 Å². The standard InChI is InChI=1S/C17H16O/c1-2-6-14-13(5-1)9-10-17(14)11-12-18-16-8-4-3-7-15(16)17/h1-8H,9-12H2. The van der Waals surface area contributed by atoms with Crippen LogP contribution < -0.4 is 4.74 Å². The SMILES string of the molecule is c1ccc2c(c1)CCC21CCOc2ccccc21. The van der Waals surface area contributed by atoms with Crippen molar-refractivity contribution in [1.29, 1.82) is 0 Å². The highest BCUT2D eigenvalue weighted by molar-refractivity contribution is 5.53. The fourth-order valence-corrected chi connectivity index (χ4v) is 3.69. The summed E-state index contributed by atoms with van der Waals surface area (Å²) in [6.07, 6.45) is 3.54. The highest BCUT2D eigenvalue weighted by Crippen LogP contribution is 2.51. The van der Waals surface area contributed by atoms with Gasteiger partial charge in [0.1, 0.15) is 5.75 Å². The summed E-state index contributed by atoms with van der Waals surface area (Å²) < 4.78 is 5.83. The predicted octanol–water partition coefficient (Wildman–Crippen LogP) is 3.70. The van der Waals surface area contributed by atoms with Crippen molar-refractivity contribution in [3.05, 3.63) is 65.2 Å². The Morgan fingerprint density at radius 1 is 0.833 bits per heavy atom. The van der Waals surface area contributed by atoms with Crippen molar-refractivity contribution in [2.75, 3.05) is 6.61 Å². The normalized spacial score (nSPS) is 24.4. The molecular weight excluding hydrogens is 220 g/mol. The van der Waals surface area contributed by atoms with E-state index < -0.39 is 0 Å². The molecule has 1 atom stereocenters. The molecule has 0 radical (unpaired) electrons. The van der Waals surface area contributed by atoms with Crippen molar-refractivity contribution in [2.45, 2.75) is 24.7 Å². The van der Waals surface area contributed by atoms with Crippen molar-refractivity contribution < 1.29 is 4.74 Å². The molecule has 1 heteroatoms. The lowest BCUT2D eigenvalue weighted by Crippen LogP contribution is -2.31. The molecule has 0 fully saturated rings. The maximum absolute atomic E-state index is 5.83. The van der Waals surface area contributed by atoms with Gasteiger partial charge in [0.25, 0.3) is 0 Å². The molecule has 0 bridgehead atoms. The van der Waals surface area contributed by atoms with E-state index in [4.69, 9.17) is 4.74 Å². The van der Waals surface area contributed by atoms with E-state index in [-0.39, 0.29) is 5.41 Å². The molecule has 2 aliphatic rings. The van der Waals surface area contributed by atoms with Crippen molar-refractivity contribution in [3.8, 4) is 5.75 Å². The maximum atomic E-state index is 5.83. The summed E-state index contributed by atoms with van der Waals surface area (Å²) in [5.74, 6) is 1.08. The monoisotopic (exact) mass is 236 g/mol. The number of hydrogen-bond acceptors (Lipinski definition) is 1. The molecule has 1 unspecified atom stereocenters. The molecule has 1 aliphatic heterocycles. The number of benzene rings is 2. The van der Waals surface area contributed by atoms with Gasteiger partial charge >= 0.3 is 0 Å². The van der Waals surface area contributed by atoms with E-state index in [1.807, 2.05) is 0 Å². The van der Waals surface area contributed by atoms with Gasteiger partial charge in [-0.05, 0) is 36.5 Å². The molecule has 90 valence electrons. The molecule has 4 rings (SSSR count). The topological polar surface area (TPSA) is 9.23 Å². The number of rotatable bonds is 0. The Hall–Kier alpha value is -1.76. The lowest BCUT2D eigenvalue weighted by atomic mass is 9.72. The molecule has 0 saturated heterocycles. The van der Waals surface area contributed by atoms with Gasteiger partial charge in [-0.25, -0.2) is 0 Å². The van der Waals surface area contributed by atoms with Gasteiger partial charge < -0.3 is 4.74 Å². The predicted molar refractivity (Wildman–Crippen MR) is 72.1 cm³/mol. The lowest BCUT2D eigenvalue weighted by molar-refractivity contribution is 0.234. The minimum atomic E-state index is 0.214. The molecule has 1 spiro atoms. The first-order valence-corrected chi connectivity index (χ1v) is 6.71. The summed E-state index contributed by atoms with van der Waals surface area (Å²) in [6, 6.07) is 17.5. The summed E-state index contributed by atoms with van der Waals surface area (Å²) in [4.78, 5) is 0. The fourth-order valence-electron chi connectivity index (χ4n) is 3.69. The van der Waals surface area contributed by atoms with Crippen molar-refractivity contribution in [2.24, 2.45) is 0 Å². The summed E-state index contributed by atoms with van der Waals surface area (Å²) in [5, 5.41) is 0. The average Bonchev–Trinajstić information content (AvgIpc) is 2.80. The molecule has 0 N–H and O–H groups in total. The average molecular weight is 236 g/mol. The van der Waals surface area contributed by atoms with Gasteiger partial charge in [0.05, 0.1) is 6.61 Å². The third-order valence-electron chi connectivity index (χ3n) is 4.54. The molecule has 2 aromatic rings. The number of para-hydroxylation sites is 1. The van der Waals surface area contributed by atoms with E-state index in [1.54, 1.807) is 0 Å². The van der Waals surface area contributed by atoms with Crippen molar-refractivity contribution in [1.82, 2.24) is 0 Å². The largest absolute Gasteiger partial charge is 0.493 e. The van der Waals surface area contributed by atoms with E-state index in [0.717, 1.165) is 18.8 Å². The molecule has 2 aromatic carbocycles. The smallest absolute Gasteiger partial charge is 0.123 e. The minimum absolute atomic E-state index is 0.214. The van der Waals surface area contributed by atoms with Crippen molar-refractivity contribution in [3.63, 3.8) is 0 Å². The lowest BCUT2D eigenvalue weighted by Gasteiger charge is -2.36. The Labute approximate surface area is 107 Å². The maximum Gasteiger partial charge on any atom is 0.123 e. The van der Waals surface area contributed by atoms with Crippen molar-refractivity contribution >= 4 is 0 Å². The molecular formula is C17H16O. The first-order chi connectivity index (χ1) is 8.90. The summed E-state index contributed by atoms with van der Waals surface area (Å²) in [7, 11) is 0. The van der Waals surface area contributed by atoms with Gasteiger partial charge in [-0.2, -0.15) is 0 Å². The Morgan fingerprint density at radius 3 is 2.56 bits per heavy atom. The van der Waals surface area contributed by atoms with Crippen LogP contribution in [0, 0.1) is 0 Å². The number of hydrogen-bond donors (Lipinski definition) is 0. The zero-order valence-corrected chi connectivity index (χ0v) is 10.4. The molecule has 0 aromatic heterocycles. The van der Waals surface area contributed by atoms with Crippen LogP contribution in [-0.4, -0.2) is 6.61 Å². The molecule has 1 heterocycles. The van der Waals surface area contributed by atoms with Crippen LogP contribution in [0.1, 0.15) is 29.5 Å². The Kier molecular flexibility index (Phi) is 2.05. The first-order valence-electron chi connectivity index (χ1n) is 6.71.